The smallest absolute Gasteiger partial charge is 0.331 e. The first-order valence-corrected chi connectivity index (χ1v) is 8.65. The molecule has 5 heteroatoms. The number of carbonyl (C=O) groups is 1. The molecule has 1 aliphatic rings. The summed E-state index contributed by atoms with van der Waals surface area (Å²) in [6, 6.07) is 13.9. The summed E-state index contributed by atoms with van der Waals surface area (Å²) < 4.78 is 16.2. The van der Waals surface area contributed by atoms with Crippen molar-refractivity contribution in [2.75, 3.05) is 34.9 Å². The van der Waals surface area contributed by atoms with Gasteiger partial charge in [-0.25, -0.2) is 4.79 Å². The molecule has 138 valence electrons. The first-order valence-electron chi connectivity index (χ1n) is 8.65. The van der Waals surface area contributed by atoms with Crippen molar-refractivity contribution in [2.45, 2.75) is 18.4 Å². The molecule has 1 aliphatic heterocycles. The molecule has 0 saturated carbocycles. The molecule has 2 aromatic carbocycles. The predicted octanol–water partition coefficient (Wildman–Crippen LogP) is 2.80. The van der Waals surface area contributed by atoms with Crippen molar-refractivity contribution in [3.05, 3.63) is 59.2 Å². The molecular formula is C21H25NO4. The SMILES string of the molecule is COC(=O)C1(Cc2ccccc2)c2cc(OC)c(OC)cc2CCN1C. The summed E-state index contributed by atoms with van der Waals surface area (Å²) in [5.74, 6) is 1.02. The number of methoxy groups -OCH3 is 3. The number of nitrogens with zero attached hydrogens (tertiary/aromatic N) is 1. The summed E-state index contributed by atoms with van der Waals surface area (Å²) in [5, 5.41) is 0. The zero-order valence-corrected chi connectivity index (χ0v) is 15.7. The van der Waals surface area contributed by atoms with Crippen molar-refractivity contribution in [3.63, 3.8) is 0 Å². The highest BCUT2D eigenvalue weighted by molar-refractivity contribution is 5.84. The highest BCUT2D eigenvalue weighted by Gasteiger charge is 2.49. The number of hydrogen-bond acceptors (Lipinski definition) is 5. The molecule has 26 heavy (non-hydrogen) atoms. The molecule has 0 aromatic heterocycles. The number of ether oxygens (including phenoxy) is 3. The van der Waals surface area contributed by atoms with E-state index in [0.717, 1.165) is 29.7 Å². The van der Waals surface area contributed by atoms with E-state index in [1.165, 1.54) is 7.11 Å². The van der Waals surface area contributed by atoms with Crippen LogP contribution >= 0.6 is 0 Å². The first-order chi connectivity index (χ1) is 12.6. The second kappa shape index (κ2) is 7.38. The monoisotopic (exact) mass is 355 g/mol. The summed E-state index contributed by atoms with van der Waals surface area (Å²) in [7, 11) is 6.64. The van der Waals surface area contributed by atoms with Crippen LogP contribution in [0.25, 0.3) is 0 Å². The van der Waals surface area contributed by atoms with E-state index in [1.54, 1.807) is 14.2 Å². The highest BCUT2D eigenvalue weighted by Crippen LogP contribution is 2.43. The van der Waals surface area contributed by atoms with Gasteiger partial charge in [0.05, 0.1) is 21.3 Å². The zero-order valence-electron chi connectivity index (χ0n) is 15.7. The van der Waals surface area contributed by atoms with E-state index >= 15 is 0 Å². The van der Waals surface area contributed by atoms with Gasteiger partial charge in [-0.05, 0) is 42.3 Å². The fourth-order valence-electron chi connectivity index (χ4n) is 3.83. The molecule has 1 atom stereocenters. The number of carbonyl (C=O) groups excluding carboxylic acids is 1. The quantitative estimate of drug-likeness (QED) is 0.772. The minimum absolute atomic E-state index is 0.267. The van der Waals surface area contributed by atoms with E-state index in [4.69, 9.17) is 14.2 Å². The van der Waals surface area contributed by atoms with Gasteiger partial charge in [-0.1, -0.05) is 30.3 Å². The van der Waals surface area contributed by atoms with Crippen LogP contribution in [0.3, 0.4) is 0 Å². The van der Waals surface area contributed by atoms with Crippen LogP contribution in [0, 0.1) is 0 Å². The van der Waals surface area contributed by atoms with Gasteiger partial charge in [0, 0.05) is 13.0 Å². The molecule has 2 aromatic rings. The highest BCUT2D eigenvalue weighted by atomic mass is 16.5. The van der Waals surface area contributed by atoms with E-state index in [9.17, 15) is 4.79 Å². The fourth-order valence-corrected chi connectivity index (χ4v) is 3.83. The molecule has 0 aliphatic carbocycles. The molecule has 0 radical (unpaired) electrons. The van der Waals surface area contributed by atoms with Crippen LogP contribution in [0.4, 0.5) is 0 Å². The fraction of sp³-hybridized carbons (Fsp3) is 0.381. The predicted molar refractivity (Wildman–Crippen MR) is 99.7 cm³/mol. The lowest BCUT2D eigenvalue weighted by Gasteiger charge is -2.44. The third-order valence-electron chi connectivity index (χ3n) is 5.25. The average Bonchev–Trinajstić information content (AvgIpc) is 2.69. The number of likely N-dealkylation sites (N-methyl/N-ethyl adjacent to an activating group) is 1. The van der Waals surface area contributed by atoms with Gasteiger partial charge in [-0.3, -0.25) is 4.90 Å². The van der Waals surface area contributed by atoms with Crippen molar-refractivity contribution in [1.82, 2.24) is 4.90 Å². The molecule has 1 heterocycles. The lowest BCUT2D eigenvalue weighted by Crippen LogP contribution is -2.55. The molecule has 0 bridgehead atoms. The molecule has 3 rings (SSSR count). The normalized spacial score (nSPS) is 19.5. The molecular weight excluding hydrogens is 330 g/mol. The molecule has 5 nitrogen and oxygen atoms in total. The minimum Gasteiger partial charge on any atom is -0.493 e. The van der Waals surface area contributed by atoms with E-state index in [0.29, 0.717) is 17.9 Å². The molecule has 0 amide bonds. The van der Waals surface area contributed by atoms with Crippen LogP contribution in [-0.2, 0) is 27.9 Å². The standard InChI is InChI=1S/C21H25NO4/c1-22-11-10-16-12-18(24-2)19(25-3)13-17(16)21(22,20(23)26-4)14-15-8-6-5-7-9-15/h5-9,12-13H,10-11,14H2,1-4H3. The summed E-state index contributed by atoms with van der Waals surface area (Å²) in [5.41, 5.74) is 2.18. The Balaban J connectivity index is 2.22. The average molecular weight is 355 g/mol. The Labute approximate surface area is 154 Å². The number of hydrogen-bond donors (Lipinski definition) is 0. The second-order valence-corrected chi connectivity index (χ2v) is 6.55. The van der Waals surface area contributed by atoms with E-state index in [2.05, 4.69) is 4.90 Å². The van der Waals surface area contributed by atoms with Gasteiger partial charge in [0.2, 0.25) is 0 Å². The Morgan fingerprint density at radius 1 is 1.08 bits per heavy atom. The van der Waals surface area contributed by atoms with Gasteiger partial charge >= 0.3 is 5.97 Å². The summed E-state index contributed by atoms with van der Waals surface area (Å²) >= 11 is 0. The van der Waals surface area contributed by atoms with E-state index in [1.807, 2.05) is 49.5 Å². The van der Waals surface area contributed by atoms with Crippen molar-refractivity contribution in [3.8, 4) is 11.5 Å². The van der Waals surface area contributed by atoms with Gasteiger partial charge in [-0.2, -0.15) is 0 Å². The molecule has 0 spiro atoms. The Hall–Kier alpha value is -2.53. The van der Waals surface area contributed by atoms with Crippen LogP contribution in [0.2, 0.25) is 0 Å². The molecule has 0 fully saturated rings. The summed E-state index contributed by atoms with van der Waals surface area (Å²) in [4.78, 5) is 15.2. The Bertz CT molecular complexity index is 790. The van der Waals surface area contributed by atoms with E-state index < -0.39 is 5.54 Å². The molecule has 0 N–H and O–H groups in total. The lowest BCUT2D eigenvalue weighted by atomic mass is 9.76. The maximum atomic E-state index is 13.1. The second-order valence-electron chi connectivity index (χ2n) is 6.55. The van der Waals surface area contributed by atoms with Crippen molar-refractivity contribution in [2.24, 2.45) is 0 Å². The van der Waals surface area contributed by atoms with Crippen molar-refractivity contribution < 1.29 is 19.0 Å². The number of fused-ring (bicyclic) bond motifs is 1. The number of esters is 1. The van der Waals surface area contributed by atoms with Crippen molar-refractivity contribution in [1.29, 1.82) is 0 Å². The van der Waals surface area contributed by atoms with Gasteiger partial charge in [0.1, 0.15) is 5.54 Å². The maximum Gasteiger partial charge on any atom is 0.331 e. The minimum atomic E-state index is -0.900. The largest absolute Gasteiger partial charge is 0.493 e. The number of rotatable bonds is 5. The maximum absolute atomic E-state index is 13.1. The molecule has 0 saturated heterocycles. The lowest BCUT2D eigenvalue weighted by molar-refractivity contribution is -0.156. The third kappa shape index (κ3) is 2.92. The van der Waals surface area contributed by atoms with Gasteiger partial charge in [0.15, 0.2) is 11.5 Å². The Morgan fingerprint density at radius 3 is 2.35 bits per heavy atom. The van der Waals surface area contributed by atoms with Gasteiger partial charge in [-0.15, -0.1) is 0 Å². The van der Waals surface area contributed by atoms with Crippen LogP contribution in [0.5, 0.6) is 11.5 Å². The van der Waals surface area contributed by atoms with Gasteiger partial charge < -0.3 is 14.2 Å². The van der Waals surface area contributed by atoms with Crippen LogP contribution in [-0.4, -0.2) is 45.8 Å². The molecule has 1 unspecified atom stereocenters. The van der Waals surface area contributed by atoms with Crippen LogP contribution in [0.15, 0.2) is 42.5 Å². The zero-order chi connectivity index (χ0) is 18.7. The van der Waals surface area contributed by atoms with Crippen LogP contribution in [0.1, 0.15) is 16.7 Å². The number of benzene rings is 2. The van der Waals surface area contributed by atoms with Crippen LogP contribution < -0.4 is 9.47 Å². The van der Waals surface area contributed by atoms with E-state index in [-0.39, 0.29) is 5.97 Å². The summed E-state index contributed by atoms with van der Waals surface area (Å²) in [6.07, 6.45) is 1.36. The first kappa shape index (κ1) is 18.3. The Morgan fingerprint density at radius 2 is 1.73 bits per heavy atom. The topological polar surface area (TPSA) is 48.0 Å². The van der Waals surface area contributed by atoms with Gasteiger partial charge in [0.25, 0.3) is 0 Å². The summed E-state index contributed by atoms with van der Waals surface area (Å²) in [6.45, 7) is 0.754. The van der Waals surface area contributed by atoms with Crippen molar-refractivity contribution >= 4 is 5.97 Å². The Kier molecular flexibility index (Phi) is 5.18. The third-order valence-corrected chi connectivity index (χ3v) is 5.25.